The van der Waals surface area contributed by atoms with Crippen molar-refractivity contribution in [2.24, 2.45) is 7.05 Å². The van der Waals surface area contributed by atoms with E-state index in [-0.39, 0.29) is 12.5 Å². The summed E-state index contributed by atoms with van der Waals surface area (Å²) in [5, 5.41) is 12.7. The predicted molar refractivity (Wildman–Crippen MR) is 69.1 cm³/mol. The number of aliphatic hydroxyl groups excluding tert-OH is 1. The van der Waals surface area contributed by atoms with Crippen LogP contribution in [0.2, 0.25) is 0 Å². The smallest absolute Gasteiger partial charge is 0.251 e. The second kappa shape index (κ2) is 5.51. The first-order valence-corrected chi connectivity index (χ1v) is 5.81. The molecule has 1 atom stereocenters. The predicted octanol–water partition coefficient (Wildman–Crippen LogP) is 1.49. The van der Waals surface area contributed by atoms with Gasteiger partial charge in [-0.25, -0.2) is 0 Å². The maximum atomic E-state index is 11.8. The Morgan fingerprint density at radius 2 is 2.00 bits per heavy atom. The fraction of sp³-hybridized carbons (Fsp3) is 0.214. The second-order valence-electron chi connectivity index (χ2n) is 4.14. The molecule has 4 nitrogen and oxygen atoms in total. The van der Waals surface area contributed by atoms with Crippen LogP contribution in [0.5, 0.6) is 0 Å². The second-order valence-corrected chi connectivity index (χ2v) is 4.14. The molecule has 94 valence electrons. The highest BCUT2D eigenvalue weighted by Crippen LogP contribution is 2.11. The van der Waals surface area contributed by atoms with E-state index in [2.05, 4.69) is 5.32 Å². The number of rotatable bonds is 4. The van der Waals surface area contributed by atoms with Gasteiger partial charge in [0.2, 0.25) is 0 Å². The van der Waals surface area contributed by atoms with Gasteiger partial charge in [0.15, 0.2) is 0 Å². The van der Waals surface area contributed by atoms with E-state index >= 15 is 0 Å². The molecule has 1 heterocycles. The van der Waals surface area contributed by atoms with Crippen LogP contribution in [0, 0.1) is 0 Å². The highest BCUT2D eigenvalue weighted by Gasteiger charge is 2.12. The first-order valence-electron chi connectivity index (χ1n) is 5.81. The number of carbonyl (C=O) groups excluding carboxylic acids is 1. The number of hydrogen-bond acceptors (Lipinski definition) is 2. The zero-order valence-electron chi connectivity index (χ0n) is 10.2. The number of amides is 1. The van der Waals surface area contributed by atoms with Gasteiger partial charge in [0.1, 0.15) is 6.10 Å². The summed E-state index contributed by atoms with van der Waals surface area (Å²) in [5.41, 5.74) is 1.37. The van der Waals surface area contributed by atoms with Crippen LogP contribution in [0.4, 0.5) is 0 Å². The summed E-state index contributed by atoms with van der Waals surface area (Å²) in [6.45, 7) is 0.200. The molecular formula is C14H16N2O2. The van der Waals surface area contributed by atoms with Crippen LogP contribution in [0.3, 0.4) is 0 Å². The molecule has 2 rings (SSSR count). The highest BCUT2D eigenvalue weighted by atomic mass is 16.3. The topological polar surface area (TPSA) is 54.3 Å². The Labute approximate surface area is 106 Å². The highest BCUT2D eigenvalue weighted by molar-refractivity contribution is 5.94. The maximum Gasteiger partial charge on any atom is 0.251 e. The summed E-state index contributed by atoms with van der Waals surface area (Å²) in [5.74, 6) is -0.177. The lowest BCUT2D eigenvalue weighted by molar-refractivity contribution is 0.0912. The monoisotopic (exact) mass is 244 g/mol. The zero-order chi connectivity index (χ0) is 13.0. The summed E-state index contributed by atoms with van der Waals surface area (Å²) in [6.07, 6.45) is 1.16. The molecule has 0 radical (unpaired) electrons. The Morgan fingerprint density at radius 3 is 2.61 bits per heavy atom. The lowest BCUT2D eigenvalue weighted by Crippen LogP contribution is -2.28. The molecule has 0 saturated heterocycles. The molecule has 1 aromatic heterocycles. The third kappa shape index (κ3) is 2.78. The third-order valence-electron chi connectivity index (χ3n) is 2.82. The molecule has 1 aromatic carbocycles. The Hall–Kier alpha value is -2.07. The van der Waals surface area contributed by atoms with Crippen LogP contribution in [0.1, 0.15) is 22.2 Å². The number of aryl methyl sites for hydroxylation is 1. The number of benzene rings is 1. The molecule has 0 aliphatic carbocycles. The van der Waals surface area contributed by atoms with Crippen molar-refractivity contribution in [2.45, 2.75) is 6.10 Å². The summed E-state index contributed by atoms with van der Waals surface area (Å²) in [7, 11) is 1.86. The minimum absolute atomic E-state index is 0.177. The number of hydrogen-bond donors (Lipinski definition) is 2. The number of aliphatic hydroxyl groups is 1. The molecule has 0 aliphatic rings. The van der Waals surface area contributed by atoms with Gasteiger partial charge in [-0.2, -0.15) is 0 Å². The van der Waals surface area contributed by atoms with Crippen molar-refractivity contribution in [3.63, 3.8) is 0 Å². The average Bonchev–Trinajstić information content (AvgIpc) is 2.83. The maximum absolute atomic E-state index is 11.8. The quantitative estimate of drug-likeness (QED) is 0.856. The lowest BCUT2D eigenvalue weighted by atomic mass is 10.2. The van der Waals surface area contributed by atoms with Crippen molar-refractivity contribution < 1.29 is 9.90 Å². The van der Waals surface area contributed by atoms with Crippen LogP contribution in [-0.4, -0.2) is 22.1 Å². The van der Waals surface area contributed by atoms with Gasteiger partial charge in [0.05, 0.1) is 0 Å². The largest absolute Gasteiger partial charge is 0.385 e. The van der Waals surface area contributed by atoms with E-state index in [1.165, 1.54) is 0 Å². The SMILES string of the molecule is Cn1cccc1C(O)CNC(=O)c1ccccc1. The Morgan fingerprint density at radius 1 is 1.28 bits per heavy atom. The normalized spacial score (nSPS) is 12.1. The first-order chi connectivity index (χ1) is 8.68. The number of carbonyl (C=O) groups is 1. The van der Waals surface area contributed by atoms with Crippen LogP contribution in [0.15, 0.2) is 48.7 Å². The van der Waals surface area contributed by atoms with E-state index in [1.807, 2.05) is 48.1 Å². The van der Waals surface area contributed by atoms with Gasteiger partial charge in [-0.05, 0) is 24.3 Å². The molecule has 1 unspecified atom stereocenters. The Bertz CT molecular complexity index is 520. The van der Waals surface area contributed by atoms with Gasteiger partial charge >= 0.3 is 0 Å². The number of nitrogens with zero attached hydrogens (tertiary/aromatic N) is 1. The molecule has 4 heteroatoms. The van der Waals surface area contributed by atoms with Gasteiger partial charge in [-0.3, -0.25) is 4.79 Å². The molecule has 0 aliphatic heterocycles. The molecule has 18 heavy (non-hydrogen) atoms. The Balaban J connectivity index is 1.93. The van der Waals surface area contributed by atoms with E-state index in [0.29, 0.717) is 5.56 Å². The zero-order valence-corrected chi connectivity index (χ0v) is 10.2. The van der Waals surface area contributed by atoms with E-state index in [0.717, 1.165) is 5.69 Å². The minimum atomic E-state index is -0.697. The van der Waals surface area contributed by atoms with Crippen LogP contribution >= 0.6 is 0 Å². The van der Waals surface area contributed by atoms with Crippen molar-refractivity contribution in [3.05, 3.63) is 59.9 Å². The Kier molecular flexibility index (Phi) is 3.79. The van der Waals surface area contributed by atoms with Crippen molar-refractivity contribution >= 4 is 5.91 Å². The molecular weight excluding hydrogens is 228 g/mol. The summed E-state index contributed by atoms with van der Waals surface area (Å²) >= 11 is 0. The van der Waals surface area contributed by atoms with Crippen molar-refractivity contribution in [1.29, 1.82) is 0 Å². The van der Waals surface area contributed by atoms with E-state index in [9.17, 15) is 9.90 Å². The summed E-state index contributed by atoms with van der Waals surface area (Å²) in [4.78, 5) is 11.8. The van der Waals surface area contributed by atoms with E-state index in [4.69, 9.17) is 0 Å². The van der Waals surface area contributed by atoms with Crippen LogP contribution in [-0.2, 0) is 7.05 Å². The summed E-state index contributed by atoms with van der Waals surface area (Å²) < 4.78 is 1.83. The standard InChI is InChI=1S/C14H16N2O2/c1-16-9-5-8-12(16)13(17)10-15-14(18)11-6-3-2-4-7-11/h2-9,13,17H,10H2,1H3,(H,15,18). The van der Waals surface area contributed by atoms with Crippen molar-refractivity contribution in [1.82, 2.24) is 9.88 Å². The molecule has 2 aromatic rings. The van der Waals surface area contributed by atoms with Gasteiger partial charge in [-0.15, -0.1) is 0 Å². The lowest BCUT2D eigenvalue weighted by Gasteiger charge is -2.13. The fourth-order valence-electron chi connectivity index (χ4n) is 1.81. The van der Waals surface area contributed by atoms with Crippen molar-refractivity contribution in [2.75, 3.05) is 6.54 Å². The average molecular weight is 244 g/mol. The van der Waals surface area contributed by atoms with Gasteiger partial charge in [0.25, 0.3) is 5.91 Å². The summed E-state index contributed by atoms with van der Waals surface area (Å²) in [6, 6.07) is 12.6. The van der Waals surface area contributed by atoms with Crippen LogP contribution < -0.4 is 5.32 Å². The fourth-order valence-corrected chi connectivity index (χ4v) is 1.81. The molecule has 0 saturated carbocycles. The molecule has 0 fully saturated rings. The first kappa shape index (κ1) is 12.4. The van der Waals surface area contributed by atoms with Gasteiger partial charge in [0, 0.05) is 31.0 Å². The number of nitrogens with one attached hydrogen (secondary N) is 1. The third-order valence-corrected chi connectivity index (χ3v) is 2.82. The number of aromatic nitrogens is 1. The van der Waals surface area contributed by atoms with E-state index < -0.39 is 6.10 Å². The molecule has 1 amide bonds. The van der Waals surface area contributed by atoms with Gasteiger partial charge < -0.3 is 15.0 Å². The molecule has 0 spiro atoms. The molecule has 2 N–H and O–H groups in total. The van der Waals surface area contributed by atoms with Gasteiger partial charge in [-0.1, -0.05) is 18.2 Å². The van der Waals surface area contributed by atoms with Crippen molar-refractivity contribution in [3.8, 4) is 0 Å². The minimum Gasteiger partial charge on any atom is -0.385 e. The van der Waals surface area contributed by atoms with Crippen LogP contribution in [0.25, 0.3) is 0 Å². The molecule has 0 bridgehead atoms. The van der Waals surface area contributed by atoms with E-state index in [1.54, 1.807) is 12.1 Å².